The molecule has 13 heavy (non-hydrogen) atoms. The number of aliphatic hydroxyl groups excluding tert-OH is 2. The second-order valence-electron chi connectivity index (χ2n) is 3.47. The third kappa shape index (κ3) is 3.08. The summed E-state index contributed by atoms with van der Waals surface area (Å²) in [5.74, 6) is -0.612. The lowest BCUT2D eigenvalue weighted by Gasteiger charge is -2.18. The normalized spacial score (nSPS) is 29.7. The van der Waals surface area contributed by atoms with Crippen LogP contribution in [0.1, 0.15) is 13.8 Å². The SMILES string of the molecule is CC1(C)OC[C@H]([C@H](O)/C=C/CO)O1. The lowest BCUT2D eigenvalue weighted by atomic mass is 10.2. The van der Waals surface area contributed by atoms with Crippen molar-refractivity contribution in [3.8, 4) is 0 Å². The first-order valence-electron chi connectivity index (χ1n) is 4.32. The van der Waals surface area contributed by atoms with E-state index in [1.807, 2.05) is 0 Å². The molecule has 1 rings (SSSR count). The highest BCUT2D eigenvalue weighted by atomic mass is 16.7. The van der Waals surface area contributed by atoms with Gasteiger partial charge in [-0.25, -0.2) is 0 Å². The lowest BCUT2D eigenvalue weighted by Crippen LogP contribution is -2.29. The Labute approximate surface area is 77.8 Å². The van der Waals surface area contributed by atoms with E-state index in [0.29, 0.717) is 6.61 Å². The van der Waals surface area contributed by atoms with Crippen LogP contribution in [-0.2, 0) is 9.47 Å². The van der Waals surface area contributed by atoms with Crippen LogP contribution in [0.25, 0.3) is 0 Å². The summed E-state index contributed by atoms with van der Waals surface area (Å²) >= 11 is 0. The van der Waals surface area contributed by atoms with Crippen molar-refractivity contribution in [2.45, 2.75) is 31.8 Å². The van der Waals surface area contributed by atoms with E-state index in [1.165, 1.54) is 12.2 Å². The van der Waals surface area contributed by atoms with E-state index in [0.717, 1.165) is 0 Å². The summed E-state index contributed by atoms with van der Waals surface area (Å²) in [5, 5.41) is 18.0. The van der Waals surface area contributed by atoms with Gasteiger partial charge in [0.25, 0.3) is 0 Å². The van der Waals surface area contributed by atoms with Gasteiger partial charge in [0.15, 0.2) is 5.79 Å². The van der Waals surface area contributed by atoms with Gasteiger partial charge in [-0.05, 0) is 13.8 Å². The van der Waals surface area contributed by atoms with Crippen LogP contribution in [0.15, 0.2) is 12.2 Å². The van der Waals surface area contributed by atoms with Crippen molar-refractivity contribution in [3.63, 3.8) is 0 Å². The zero-order chi connectivity index (χ0) is 9.90. The minimum Gasteiger partial charge on any atom is -0.392 e. The molecule has 0 aromatic heterocycles. The van der Waals surface area contributed by atoms with Crippen LogP contribution in [0, 0.1) is 0 Å². The summed E-state index contributed by atoms with van der Waals surface area (Å²) in [6.45, 7) is 3.91. The molecule has 2 N–H and O–H groups in total. The molecular weight excluding hydrogens is 172 g/mol. The van der Waals surface area contributed by atoms with Crippen LogP contribution < -0.4 is 0 Å². The highest BCUT2D eigenvalue weighted by Crippen LogP contribution is 2.24. The van der Waals surface area contributed by atoms with E-state index in [-0.39, 0.29) is 12.7 Å². The molecule has 0 radical (unpaired) electrons. The van der Waals surface area contributed by atoms with Crippen LogP contribution in [0.4, 0.5) is 0 Å². The molecule has 0 aromatic carbocycles. The molecule has 1 saturated heterocycles. The van der Waals surface area contributed by atoms with Crippen LogP contribution >= 0.6 is 0 Å². The highest BCUT2D eigenvalue weighted by molar-refractivity contribution is 4.94. The van der Waals surface area contributed by atoms with E-state index in [2.05, 4.69) is 0 Å². The fourth-order valence-electron chi connectivity index (χ4n) is 1.21. The molecule has 1 aliphatic rings. The van der Waals surface area contributed by atoms with Crippen molar-refractivity contribution in [1.29, 1.82) is 0 Å². The van der Waals surface area contributed by atoms with Crippen molar-refractivity contribution in [2.75, 3.05) is 13.2 Å². The monoisotopic (exact) mass is 188 g/mol. The fraction of sp³-hybridized carbons (Fsp3) is 0.778. The minimum atomic E-state index is -0.714. The third-order valence-corrected chi connectivity index (χ3v) is 1.85. The Hall–Kier alpha value is -0.420. The van der Waals surface area contributed by atoms with Crippen molar-refractivity contribution >= 4 is 0 Å². The first-order chi connectivity index (χ1) is 6.05. The summed E-state index contributed by atoms with van der Waals surface area (Å²) in [5.41, 5.74) is 0. The van der Waals surface area contributed by atoms with Gasteiger partial charge in [0.2, 0.25) is 0 Å². The van der Waals surface area contributed by atoms with E-state index >= 15 is 0 Å². The Kier molecular flexibility index (Phi) is 3.44. The highest BCUT2D eigenvalue weighted by Gasteiger charge is 2.35. The van der Waals surface area contributed by atoms with Crippen molar-refractivity contribution in [2.24, 2.45) is 0 Å². The van der Waals surface area contributed by atoms with Crippen LogP contribution in [0.2, 0.25) is 0 Å². The second-order valence-corrected chi connectivity index (χ2v) is 3.47. The van der Waals surface area contributed by atoms with Gasteiger partial charge in [-0.3, -0.25) is 0 Å². The Morgan fingerprint density at radius 1 is 1.62 bits per heavy atom. The van der Waals surface area contributed by atoms with Gasteiger partial charge < -0.3 is 19.7 Å². The second kappa shape index (κ2) is 4.19. The summed E-state index contributed by atoms with van der Waals surface area (Å²) in [7, 11) is 0. The van der Waals surface area contributed by atoms with Crippen LogP contribution in [0.5, 0.6) is 0 Å². The topological polar surface area (TPSA) is 58.9 Å². The largest absolute Gasteiger partial charge is 0.392 e. The molecule has 0 aromatic rings. The number of hydrogen-bond donors (Lipinski definition) is 2. The maximum Gasteiger partial charge on any atom is 0.163 e. The third-order valence-electron chi connectivity index (χ3n) is 1.85. The Morgan fingerprint density at radius 2 is 2.31 bits per heavy atom. The van der Waals surface area contributed by atoms with Gasteiger partial charge in [0.1, 0.15) is 12.2 Å². The van der Waals surface area contributed by atoms with Gasteiger partial charge in [0, 0.05) is 0 Å². The predicted molar refractivity (Wildman–Crippen MR) is 47.1 cm³/mol. The Morgan fingerprint density at radius 3 is 2.77 bits per heavy atom. The van der Waals surface area contributed by atoms with E-state index < -0.39 is 11.9 Å². The maximum absolute atomic E-state index is 9.51. The quantitative estimate of drug-likeness (QED) is 0.614. The fourth-order valence-corrected chi connectivity index (χ4v) is 1.21. The van der Waals surface area contributed by atoms with E-state index in [1.54, 1.807) is 13.8 Å². The molecular formula is C9H16O4. The molecule has 0 spiro atoms. The zero-order valence-corrected chi connectivity index (χ0v) is 7.93. The van der Waals surface area contributed by atoms with Gasteiger partial charge in [-0.1, -0.05) is 12.2 Å². The molecule has 76 valence electrons. The summed E-state index contributed by atoms with van der Waals surface area (Å²) in [6.07, 6.45) is 1.95. The lowest BCUT2D eigenvalue weighted by molar-refractivity contribution is -0.147. The number of hydrogen-bond acceptors (Lipinski definition) is 4. The summed E-state index contributed by atoms with van der Waals surface area (Å²) < 4.78 is 10.7. The van der Waals surface area contributed by atoms with Crippen molar-refractivity contribution < 1.29 is 19.7 Å². The van der Waals surface area contributed by atoms with E-state index in [4.69, 9.17) is 14.6 Å². The smallest absolute Gasteiger partial charge is 0.163 e. The molecule has 0 unspecified atom stereocenters. The molecule has 4 nitrogen and oxygen atoms in total. The predicted octanol–water partition coefficient (Wildman–Crippen LogP) is 0.0473. The summed E-state index contributed by atoms with van der Waals surface area (Å²) in [6, 6.07) is 0. The van der Waals surface area contributed by atoms with Gasteiger partial charge in [-0.2, -0.15) is 0 Å². The van der Waals surface area contributed by atoms with Crippen LogP contribution in [-0.4, -0.2) is 41.4 Å². The molecule has 4 heteroatoms. The zero-order valence-electron chi connectivity index (χ0n) is 7.93. The molecule has 0 amide bonds. The Bertz CT molecular complexity index is 188. The molecule has 1 aliphatic heterocycles. The first kappa shape index (κ1) is 10.7. The maximum atomic E-state index is 9.51. The molecule has 0 bridgehead atoms. The molecule has 0 aliphatic carbocycles. The molecule has 1 fully saturated rings. The minimum absolute atomic E-state index is 0.0754. The Balaban J connectivity index is 2.42. The summed E-state index contributed by atoms with van der Waals surface area (Å²) in [4.78, 5) is 0. The standard InChI is InChI=1S/C9H16O4/c1-9(2)12-6-8(13-9)7(11)4-3-5-10/h3-4,7-8,10-11H,5-6H2,1-2H3/b4-3+/t7-,8-/m1/s1. The van der Waals surface area contributed by atoms with Gasteiger partial charge in [0.05, 0.1) is 13.2 Å². The van der Waals surface area contributed by atoms with Crippen LogP contribution in [0.3, 0.4) is 0 Å². The van der Waals surface area contributed by atoms with Gasteiger partial charge >= 0.3 is 0 Å². The van der Waals surface area contributed by atoms with Crippen molar-refractivity contribution in [1.82, 2.24) is 0 Å². The number of rotatable bonds is 3. The average Bonchev–Trinajstić information content (AvgIpc) is 2.42. The molecule has 0 saturated carbocycles. The van der Waals surface area contributed by atoms with Gasteiger partial charge in [-0.15, -0.1) is 0 Å². The number of ether oxygens (including phenoxy) is 2. The molecule has 1 heterocycles. The van der Waals surface area contributed by atoms with Crippen molar-refractivity contribution in [3.05, 3.63) is 12.2 Å². The van der Waals surface area contributed by atoms with E-state index in [9.17, 15) is 5.11 Å². The molecule has 2 atom stereocenters. The first-order valence-corrected chi connectivity index (χ1v) is 4.32. The average molecular weight is 188 g/mol. The number of aliphatic hydroxyl groups is 2.